The number of anilines is 2. The number of urea groups is 1. The summed E-state index contributed by atoms with van der Waals surface area (Å²) in [6, 6.07) is 16.5. The Labute approximate surface area is 181 Å². The van der Waals surface area contributed by atoms with Crippen molar-refractivity contribution < 1.29 is 9.59 Å². The number of amides is 3. The van der Waals surface area contributed by atoms with Crippen LogP contribution in [0.4, 0.5) is 15.6 Å². The quantitative estimate of drug-likeness (QED) is 0.274. The number of nitrogens with zero attached hydrogens (tertiary/aromatic N) is 3. The molecule has 3 amide bonds. The molecule has 4 rings (SSSR count). The van der Waals surface area contributed by atoms with E-state index in [1.54, 1.807) is 18.3 Å². The summed E-state index contributed by atoms with van der Waals surface area (Å²) in [6.07, 6.45) is 1.62. The van der Waals surface area contributed by atoms with Crippen molar-refractivity contribution in [3.63, 3.8) is 0 Å². The Balaban J connectivity index is 1.30. The van der Waals surface area contributed by atoms with Gasteiger partial charge in [-0.05, 0) is 25.1 Å². The molecule has 0 unspecified atom stereocenters. The monoisotopic (exact) mass is 433 g/mol. The average Bonchev–Trinajstić information content (AvgIpc) is 3.32. The number of carbonyl (C=O) groups is 2. The Morgan fingerprint density at radius 1 is 1.06 bits per heavy atom. The van der Waals surface area contributed by atoms with Gasteiger partial charge in [0.05, 0.1) is 12.6 Å². The van der Waals surface area contributed by atoms with Crippen LogP contribution in [-0.4, -0.2) is 33.3 Å². The smallest absolute Gasteiger partial charge is 0.325 e. The van der Waals surface area contributed by atoms with E-state index in [0.717, 1.165) is 33.5 Å². The maximum Gasteiger partial charge on any atom is 0.325 e. The van der Waals surface area contributed by atoms with Crippen molar-refractivity contribution in [2.45, 2.75) is 13.3 Å². The van der Waals surface area contributed by atoms with Gasteiger partial charge in [-0.15, -0.1) is 10.2 Å². The number of aryl methyl sites for hydroxylation is 1. The van der Waals surface area contributed by atoms with Gasteiger partial charge in [0.15, 0.2) is 0 Å². The molecule has 2 aromatic heterocycles. The number of hydrogen-bond acceptors (Lipinski definition) is 6. The maximum atomic E-state index is 12.2. The van der Waals surface area contributed by atoms with Crippen LogP contribution >= 0.6 is 11.3 Å². The molecule has 0 radical (unpaired) electrons. The van der Waals surface area contributed by atoms with Crippen LogP contribution in [0, 0.1) is 6.92 Å². The first-order chi connectivity index (χ1) is 15.1. The lowest BCUT2D eigenvalue weighted by Crippen LogP contribution is -2.19. The summed E-state index contributed by atoms with van der Waals surface area (Å²) in [5.74, 6) is -0.329. The highest BCUT2D eigenvalue weighted by molar-refractivity contribution is 7.15. The van der Waals surface area contributed by atoms with Gasteiger partial charge >= 0.3 is 6.03 Å². The molecule has 0 spiro atoms. The lowest BCUT2D eigenvalue weighted by molar-refractivity contribution is -0.120. The van der Waals surface area contributed by atoms with Crippen LogP contribution < -0.4 is 16.1 Å². The van der Waals surface area contributed by atoms with Crippen molar-refractivity contribution in [2.24, 2.45) is 5.10 Å². The number of hydrogen-bond donors (Lipinski definition) is 4. The molecule has 2 aromatic carbocycles. The summed E-state index contributed by atoms with van der Waals surface area (Å²) < 4.78 is 0. The van der Waals surface area contributed by atoms with Crippen LogP contribution in [0.1, 0.15) is 16.3 Å². The SMILES string of the molecule is Cc1[nH]c2ccccc2c1C=NNC(=O)Cc1nnc(NC(=O)Nc2ccccc2)s1. The molecule has 0 fully saturated rings. The molecule has 0 aliphatic heterocycles. The van der Waals surface area contributed by atoms with E-state index >= 15 is 0 Å². The summed E-state index contributed by atoms with van der Waals surface area (Å²) in [5, 5.41) is 19.0. The largest absolute Gasteiger partial charge is 0.358 e. The van der Waals surface area contributed by atoms with E-state index in [4.69, 9.17) is 0 Å². The van der Waals surface area contributed by atoms with Gasteiger partial charge in [-0.2, -0.15) is 5.10 Å². The van der Waals surface area contributed by atoms with Gasteiger partial charge in [0.2, 0.25) is 11.0 Å². The molecule has 0 aliphatic carbocycles. The molecular weight excluding hydrogens is 414 g/mol. The lowest BCUT2D eigenvalue weighted by atomic mass is 10.1. The molecule has 0 aliphatic rings. The molecule has 0 saturated carbocycles. The van der Waals surface area contributed by atoms with Crippen LogP contribution in [0.2, 0.25) is 0 Å². The molecule has 2 heterocycles. The summed E-state index contributed by atoms with van der Waals surface area (Å²) in [5.41, 5.74) is 6.06. The Kier molecular flexibility index (Phi) is 5.99. The van der Waals surface area contributed by atoms with Gasteiger partial charge in [0.25, 0.3) is 0 Å². The van der Waals surface area contributed by atoms with E-state index in [0.29, 0.717) is 15.8 Å². The van der Waals surface area contributed by atoms with E-state index in [2.05, 4.69) is 36.3 Å². The van der Waals surface area contributed by atoms with E-state index in [1.165, 1.54) is 0 Å². The number of hydrazone groups is 1. The Hall–Kier alpha value is -4.05. The van der Waals surface area contributed by atoms with E-state index in [1.807, 2.05) is 49.4 Å². The molecule has 4 N–H and O–H groups in total. The molecule has 10 heteroatoms. The first-order valence-electron chi connectivity index (χ1n) is 9.43. The third kappa shape index (κ3) is 5.11. The fraction of sp³-hybridized carbons (Fsp3) is 0.0952. The first kappa shape index (κ1) is 20.2. The van der Waals surface area contributed by atoms with Gasteiger partial charge in [-0.1, -0.05) is 47.7 Å². The predicted molar refractivity (Wildman–Crippen MR) is 121 cm³/mol. The molecule has 9 nitrogen and oxygen atoms in total. The number of aromatic nitrogens is 3. The molecule has 156 valence electrons. The second kappa shape index (κ2) is 9.18. The zero-order chi connectivity index (χ0) is 21.6. The van der Waals surface area contributed by atoms with E-state index < -0.39 is 6.03 Å². The minimum Gasteiger partial charge on any atom is -0.358 e. The Morgan fingerprint density at radius 2 is 1.84 bits per heavy atom. The van der Waals surface area contributed by atoms with Crippen molar-refractivity contribution in [1.29, 1.82) is 0 Å². The van der Waals surface area contributed by atoms with Crippen molar-refractivity contribution in [2.75, 3.05) is 10.6 Å². The molecule has 0 atom stereocenters. The second-order valence-corrected chi connectivity index (χ2v) is 7.69. The highest BCUT2D eigenvalue weighted by atomic mass is 32.1. The number of rotatable bonds is 6. The van der Waals surface area contributed by atoms with Crippen LogP contribution in [0.15, 0.2) is 59.7 Å². The molecule has 31 heavy (non-hydrogen) atoms. The number of nitrogens with one attached hydrogen (secondary N) is 4. The Bertz CT molecular complexity index is 1250. The standard InChI is InChI=1S/C21H19N7O2S/c1-13-16(15-9-5-6-10-17(15)23-13)12-22-26-18(29)11-19-27-28-21(31-19)25-20(30)24-14-7-3-2-4-8-14/h2-10,12,23H,11H2,1H3,(H,26,29)(H2,24,25,28,30). The fourth-order valence-electron chi connectivity index (χ4n) is 2.97. The number of aromatic amines is 1. The third-order valence-corrected chi connectivity index (χ3v) is 5.20. The van der Waals surface area contributed by atoms with Crippen LogP contribution in [-0.2, 0) is 11.2 Å². The number of carbonyl (C=O) groups excluding carboxylic acids is 2. The van der Waals surface area contributed by atoms with Gasteiger partial charge < -0.3 is 10.3 Å². The van der Waals surface area contributed by atoms with Crippen molar-refractivity contribution in [3.8, 4) is 0 Å². The van der Waals surface area contributed by atoms with Gasteiger partial charge in [-0.25, -0.2) is 10.2 Å². The third-order valence-electron chi connectivity index (χ3n) is 4.36. The average molecular weight is 433 g/mol. The normalized spacial score (nSPS) is 11.0. The molecule has 0 bridgehead atoms. The van der Waals surface area contributed by atoms with E-state index in [-0.39, 0.29) is 12.3 Å². The van der Waals surface area contributed by atoms with Crippen LogP contribution in [0.3, 0.4) is 0 Å². The summed E-state index contributed by atoms with van der Waals surface area (Å²) in [7, 11) is 0. The second-order valence-electron chi connectivity index (χ2n) is 6.63. The van der Waals surface area contributed by atoms with Gasteiger partial charge in [-0.3, -0.25) is 10.1 Å². The van der Waals surface area contributed by atoms with Crippen molar-refractivity contribution in [1.82, 2.24) is 20.6 Å². The molecule has 4 aromatic rings. The highest BCUT2D eigenvalue weighted by Crippen LogP contribution is 2.20. The van der Waals surface area contributed by atoms with E-state index in [9.17, 15) is 9.59 Å². The van der Waals surface area contributed by atoms with Crippen LogP contribution in [0.5, 0.6) is 0 Å². The topological polar surface area (TPSA) is 124 Å². The molecular formula is C21H19N7O2S. The minimum atomic E-state index is -0.433. The first-order valence-corrected chi connectivity index (χ1v) is 10.2. The van der Waals surface area contributed by atoms with Gasteiger partial charge in [0, 0.05) is 27.8 Å². The fourth-order valence-corrected chi connectivity index (χ4v) is 3.70. The number of para-hydroxylation sites is 2. The van der Waals surface area contributed by atoms with Gasteiger partial charge in [0.1, 0.15) is 5.01 Å². The predicted octanol–water partition coefficient (Wildman–Crippen LogP) is 3.66. The summed E-state index contributed by atoms with van der Waals surface area (Å²) in [4.78, 5) is 27.5. The highest BCUT2D eigenvalue weighted by Gasteiger charge is 2.12. The van der Waals surface area contributed by atoms with Crippen LogP contribution in [0.25, 0.3) is 10.9 Å². The zero-order valence-electron chi connectivity index (χ0n) is 16.5. The Morgan fingerprint density at radius 3 is 2.68 bits per heavy atom. The zero-order valence-corrected chi connectivity index (χ0v) is 17.4. The summed E-state index contributed by atoms with van der Waals surface area (Å²) >= 11 is 1.12. The number of H-pyrrole nitrogens is 1. The van der Waals surface area contributed by atoms with Crippen molar-refractivity contribution in [3.05, 3.63) is 70.9 Å². The summed E-state index contributed by atoms with van der Waals surface area (Å²) in [6.45, 7) is 1.95. The molecule has 0 saturated heterocycles. The lowest BCUT2D eigenvalue weighted by Gasteiger charge is -2.03. The van der Waals surface area contributed by atoms with Crippen molar-refractivity contribution >= 4 is 51.2 Å². The number of benzene rings is 2. The maximum absolute atomic E-state index is 12.2. The minimum absolute atomic E-state index is 0.00383. The number of fused-ring (bicyclic) bond motifs is 1.